The van der Waals surface area contributed by atoms with E-state index in [9.17, 15) is 0 Å². The van der Waals surface area contributed by atoms with Gasteiger partial charge in [-0.1, -0.05) is 111 Å². The summed E-state index contributed by atoms with van der Waals surface area (Å²) in [6.45, 7) is 9.32. The molecular formula is C20H41. The van der Waals surface area contributed by atoms with Gasteiger partial charge in [0.15, 0.2) is 0 Å². The van der Waals surface area contributed by atoms with E-state index < -0.39 is 0 Å². The van der Waals surface area contributed by atoms with Crippen molar-refractivity contribution in [2.45, 2.75) is 111 Å². The van der Waals surface area contributed by atoms with Gasteiger partial charge in [-0.15, -0.1) is 0 Å². The molecule has 121 valence electrons. The lowest BCUT2D eigenvalue weighted by molar-refractivity contribution is 0.385. The predicted octanol–water partition coefficient (Wildman–Crippen LogP) is 7.57. The molecule has 0 heterocycles. The second kappa shape index (κ2) is 15.4. The second-order valence-corrected chi connectivity index (χ2v) is 6.61. The Labute approximate surface area is 130 Å². The highest BCUT2D eigenvalue weighted by atomic mass is 14.2. The lowest BCUT2D eigenvalue weighted by atomic mass is 9.83. The average Bonchev–Trinajstić information content (AvgIpc) is 2.47. The van der Waals surface area contributed by atoms with Gasteiger partial charge >= 0.3 is 0 Å². The number of hydrogen-bond acceptors (Lipinski definition) is 0. The van der Waals surface area contributed by atoms with Crippen LogP contribution in [0.4, 0.5) is 0 Å². The molecule has 0 N–H and O–H groups in total. The van der Waals surface area contributed by atoms with Crippen LogP contribution in [0.15, 0.2) is 0 Å². The minimum Gasteiger partial charge on any atom is -0.0654 e. The van der Waals surface area contributed by atoms with Crippen LogP contribution in [0, 0.1) is 18.3 Å². The molecular weight excluding hydrogens is 240 g/mol. The summed E-state index contributed by atoms with van der Waals surface area (Å²) in [5, 5.41) is 0. The standard InChI is InChI=1S/C20H41/c1-5-9-12-14-16-19(8-4)18-20(15-11-7-3)17-13-10-6-2/h18-20H,5-17H2,1-4H3. The van der Waals surface area contributed by atoms with Crippen LogP contribution >= 0.6 is 0 Å². The van der Waals surface area contributed by atoms with E-state index in [0.717, 1.165) is 11.8 Å². The highest BCUT2D eigenvalue weighted by Gasteiger charge is 2.15. The third-order valence-corrected chi connectivity index (χ3v) is 4.60. The molecule has 0 aromatic rings. The van der Waals surface area contributed by atoms with E-state index in [1.807, 2.05) is 0 Å². The topological polar surface area (TPSA) is 0 Å². The fourth-order valence-corrected chi connectivity index (χ4v) is 3.11. The smallest absolute Gasteiger partial charge is 0.0324 e. The van der Waals surface area contributed by atoms with Crippen LogP contribution in [0.5, 0.6) is 0 Å². The van der Waals surface area contributed by atoms with Crippen LogP contribution < -0.4 is 0 Å². The van der Waals surface area contributed by atoms with Gasteiger partial charge in [-0.2, -0.15) is 0 Å². The third kappa shape index (κ3) is 11.8. The van der Waals surface area contributed by atoms with Crippen molar-refractivity contribution in [3.8, 4) is 0 Å². The summed E-state index contributed by atoms with van der Waals surface area (Å²) in [5.41, 5.74) is 0. The van der Waals surface area contributed by atoms with Gasteiger partial charge in [-0.05, 0) is 18.3 Å². The summed E-state index contributed by atoms with van der Waals surface area (Å²) >= 11 is 0. The van der Waals surface area contributed by atoms with Gasteiger partial charge < -0.3 is 0 Å². The molecule has 0 spiro atoms. The molecule has 0 aromatic carbocycles. The maximum absolute atomic E-state index is 2.75. The van der Waals surface area contributed by atoms with Crippen molar-refractivity contribution in [3.05, 3.63) is 6.42 Å². The van der Waals surface area contributed by atoms with Crippen molar-refractivity contribution in [1.29, 1.82) is 0 Å². The predicted molar refractivity (Wildman–Crippen MR) is 94.0 cm³/mol. The molecule has 0 fully saturated rings. The molecule has 0 aromatic heterocycles. The molecule has 1 radical (unpaired) electrons. The maximum Gasteiger partial charge on any atom is -0.0324 e. The fourth-order valence-electron chi connectivity index (χ4n) is 3.11. The lowest BCUT2D eigenvalue weighted by Crippen LogP contribution is -2.10. The van der Waals surface area contributed by atoms with Gasteiger partial charge in [0, 0.05) is 0 Å². The zero-order valence-corrected chi connectivity index (χ0v) is 14.9. The minimum atomic E-state index is 0.885. The summed E-state index contributed by atoms with van der Waals surface area (Å²) in [4.78, 5) is 0. The molecule has 20 heavy (non-hydrogen) atoms. The van der Waals surface area contributed by atoms with Gasteiger partial charge in [-0.3, -0.25) is 0 Å². The quantitative estimate of drug-likeness (QED) is 0.271. The van der Waals surface area contributed by atoms with Crippen LogP contribution in [0.2, 0.25) is 0 Å². The Morgan fingerprint density at radius 3 is 1.65 bits per heavy atom. The minimum absolute atomic E-state index is 0.885. The molecule has 0 aliphatic carbocycles. The van der Waals surface area contributed by atoms with E-state index in [0.29, 0.717) is 0 Å². The molecule has 2 unspecified atom stereocenters. The molecule has 0 saturated carbocycles. The first-order chi connectivity index (χ1) is 9.78. The first kappa shape index (κ1) is 20.0. The van der Waals surface area contributed by atoms with E-state index in [1.165, 1.54) is 83.5 Å². The normalized spacial score (nSPS) is 14.4. The fraction of sp³-hybridized carbons (Fsp3) is 0.950. The second-order valence-electron chi connectivity index (χ2n) is 6.61. The Morgan fingerprint density at radius 2 is 1.05 bits per heavy atom. The van der Waals surface area contributed by atoms with Crippen LogP contribution in [0.1, 0.15) is 111 Å². The summed E-state index contributed by atoms with van der Waals surface area (Å²) in [5.74, 6) is 1.79. The van der Waals surface area contributed by atoms with E-state index in [2.05, 4.69) is 34.1 Å². The molecule has 0 amide bonds. The van der Waals surface area contributed by atoms with Crippen LogP contribution in [-0.4, -0.2) is 0 Å². The molecule has 0 aliphatic rings. The third-order valence-electron chi connectivity index (χ3n) is 4.60. The highest BCUT2D eigenvalue weighted by molar-refractivity contribution is 4.83. The van der Waals surface area contributed by atoms with Gasteiger partial charge in [0.05, 0.1) is 0 Å². The maximum atomic E-state index is 2.75. The Balaban J connectivity index is 3.99. The van der Waals surface area contributed by atoms with Crippen molar-refractivity contribution in [3.63, 3.8) is 0 Å². The number of unbranched alkanes of at least 4 members (excludes halogenated alkanes) is 6. The Bertz CT molecular complexity index is 173. The summed E-state index contributed by atoms with van der Waals surface area (Å²) in [6, 6.07) is 0. The summed E-state index contributed by atoms with van der Waals surface area (Å²) < 4.78 is 0. The highest BCUT2D eigenvalue weighted by Crippen LogP contribution is 2.27. The lowest BCUT2D eigenvalue weighted by Gasteiger charge is -2.22. The molecule has 0 heteroatoms. The average molecular weight is 282 g/mol. The number of rotatable bonds is 15. The van der Waals surface area contributed by atoms with Crippen molar-refractivity contribution in [1.82, 2.24) is 0 Å². The summed E-state index contributed by atoms with van der Waals surface area (Å²) in [7, 11) is 0. The Hall–Kier alpha value is 0. The zero-order chi connectivity index (χ0) is 15.1. The first-order valence-corrected chi connectivity index (χ1v) is 9.63. The van der Waals surface area contributed by atoms with Gasteiger partial charge in [0.1, 0.15) is 0 Å². The van der Waals surface area contributed by atoms with Gasteiger partial charge in [0.2, 0.25) is 0 Å². The van der Waals surface area contributed by atoms with Crippen molar-refractivity contribution in [2.75, 3.05) is 0 Å². The van der Waals surface area contributed by atoms with E-state index in [4.69, 9.17) is 0 Å². The van der Waals surface area contributed by atoms with E-state index >= 15 is 0 Å². The molecule has 0 aliphatic heterocycles. The van der Waals surface area contributed by atoms with Crippen LogP contribution in [0.25, 0.3) is 0 Å². The largest absolute Gasteiger partial charge is 0.0654 e. The Kier molecular flexibility index (Phi) is 15.4. The van der Waals surface area contributed by atoms with Gasteiger partial charge in [-0.25, -0.2) is 0 Å². The molecule has 0 rings (SSSR count). The van der Waals surface area contributed by atoms with E-state index in [1.54, 1.807) is 0 Å². The van der Waals surface area contributed by atoms with Crippen molar-refractivity contribution in [2.24, 2.45) is 11.8 Å². The SMILES string of the molecule is CCCCCCC([CH]C(CCCC)CCCCC)CC. The van der Waals surface area contributed by atoms with Gasteiger partial charge in [0.25, 0.3) is 0 Å². The molecule has 0 nitrogen and oxygen atoms in total. The first-order valence-electron chi connectivity index (χ1n) is 9.63. The molecule has 2 atom stereocenters. The van der Waals surface area contributed by atoms with Crippen LogP contribution in [0.3, 0.4) is 0 Å². The summed E-state index contributed by atoms with van der Waals surface area (Å²) in [6.07, 6.45) is 21.1. The van der Waals surface area contributed by atoms with Crippen LogP contribution in [-0.2, 0) is 0 Å². The van der Waals surface area contributed by atoms with Crippen molar-refractivity contribution < 1.29 is 0 Å². The Morgan fingerprint density at radius 1 is 0.550 bits per heavy atom. The molecule has 0 saturated heterocycles. The van der Waals surface area contributed by atoms with Crippen molar-refractivity contribution >= 4 is 0 Å². The van der Waals surface area contributed by atoms with E-state index in [-0.39, 0.29) is 0 Å². The zero-order valence-electron chi connectivity index (χ0n) is 14.9. The molecule has 0 bridgehead atoms. The monoisotopic (exact) mass is 281 g/mol. The number of hydrogen-bond donors (Lipinski definition) is 0.